The van der Waals surface area contributed by atoms with Gasteiger partial charge in [0.05, 0.1) is 5.75 Å². The zero-order chi connectivity index (χ0) is 14.5. The van der Waals surface area contributed by atoms with E-state index >= 15 is 0 Å². The summed E-state index contributed by atoms with van der Waals surface area (Å²) < 4.78 is 28.9. The average molecular weight is 286 g/mol. The van der Waals surface area contributed by atoms with Gasteiger partial charge in [-0.1, -0.05) is 24.6 Å². The van der Waals surface area contributed by atoms with Crippen molar-refractivity contribution in [3.8, 4) is 5.75 Å². The van der Waals surface area contributed by atoms with E-state index < -0.39 is 21.1 Å². The molecule has 0 saturated heterocycles. The SMILES string of the molecule is CCC(C(=O)O)S(=O)(=O)CCOc1ccc(C)cc1. The van der Waals surface area contributed by atoms with Gasteiger partial charge >= 0.3 is 5.97 Å². The van der Waals surface area contributed by atoms with Crippen molar-refractivity contribution in [2.45, 2.75) is 25.5 Å². The van der Waals surface area contributed by atoms with Gasteiger partial charge in [-0.05, 0) is 25.5 Å². The fourth-order valence-corrected chi connectivity index (χ4v) is 3.05. The Labute approximate surface area is 113 Å². The lowest BCUT2D eigenvalue weighted by Crippen LogP contribution is -2.33. The zero-order valence-corrected chi connectivity index (χ0v) is 11.8. The van der Waals surface area contributed by atoms with Crippen molar-refractivity contribution in [3.05, 3.63) is 29.8 Å². The first-order chi connectivity index (χ1) is 8.86. The summed E-state index contributed by atoms with van der Waals surface area (Å²) in [6, 6.07) is 7.21. The van der Waals surface area contributed by atoms with Gasteiger partial charge in [0, 0.05) is 0 Å². The molecule has 0 heterocycles. The average Bonchev–Trinajstić information content (AvgIpc) is 2.31. The number of hydrogen-bond donors (Lipinski definition) is 1. The van der Waals surface area contributed by atoms with E-state index in [9.17, 15) is 13.2 Å². The number of hydrogen-bond acceptors (Lipinski definition) is 4. The van der Waals surface area contributed by atoms with E-state index in [2.05, 4.69) is 0 Å². The molecule has 19 heavy (non-hydrogen) atoms. The largest absolute Gasteiger partial charge is 0.493 e. The van der Waals surface area contributed by atoms with Gasteiger partial charge in [0.25, 0.3) is 0 Å². The van der Waals surface area contributed by atoms with Crippen LogP contribution < -0.4 is 4.74 Å². The highest BCUT2D eigenvalue weighted by Gasteiger charge is 2.30. The molecule has 6 heteroatoms. The fraction of sp³-hybridized carbons (Fsp3) is 0.462. The molecule has 0 aliphatic carbocycles. The molecule has 1 unspecified atom stereocenters. The second-order valence-corrected chi connectivity index (χ2v) is 6.57. The third-order valence-corrected chi connectivity index (χ3v) is 4.87. The van der Waals surface area contributed by atoms with Gasteiger partial charge in [0.15, 0.2) is 15.1 Å². The summed E-state index contributed by atoms with van der Waals surface area (Å²) in [5.74, 6) is -1.03. The summed E-state index contributed by atoms with van der Waals surface area (Å²) >= 11 is 0. The summed E-state index contributed by atoms with van der Waals surface area (Å²) in [5.41, 5.74) is 1.08. The lowest BCUT2D eigenvalue weighted by atomic mass is 10.2. The molecule has 0 fully saturated rings. The molecule has 1 atom stereocenters. The van der Waals surface area contributed by atoms with Gasteiger partial charge in [-0.3, -0.25) is 4.79 Å². The van der Waals surface area contributed by atoms with Crippen LogP contribution in [0.2, 0.25) is 0 Å². The van der Waals surface area contributed by atoms with Crippen molar-refractivity contribution in [1.82, 2.24) is 0 Å². The van der Waals surface area contributed by atoms with Gasteiger partial charge in [0.1, 0.15) is 12.4 Å². The van der Waals surface area contributed by atoms with E-state index in [1.54, 1.807) is 12.1 Å². The summed E-state index contributed by atoms with van der Waals surface area (Å²) in [6.45, 7) is 3.43. The molecule has 0 aromatic heterocycles. The highest BCUT2D eigenvalue weighted by atomic mass is 32.2. The van der Waals surface area contributed by atoms with Crippen LogP contribution in [-0.4, -0.2) is 37.1 Å². The monoisotopic (exact) mass is 286 g/mol. The van der Waals surface area contributed by atoms with Crippen LogP contribution in [0.1, 0.15) is 18.9 Å². The van der Waals surface area contributed by atoms with Crippen LogP contribution in [0.25, 0.3) is 0 Å². The lowest BCUT2D eigenvalue weighted by Gasteiger charge is -2.12. The topological polar surface area (TPSA) is 80.7 Å². The minimum absolute atomic E-state index is 0.0465. The molecule has 0 saturated carbocycles. The molecule has 0 spiro atoms. The third kappa shape index (κ3) is 4.55. The summed E-state index contributed by atoms with van der Waals surface area (Å²) in [6.07, 6.45) is 0.0577. The molecule has 5 nitrogen and oxygen atoms in total. The van der Waals surface area contributed by atoms with Gasteiger partial charge < -0.3 is 9.84 Å². The molecule has 0 bridgehead atoms. The Hall–Kier alpha value is -1.56. The number of ether oxygens (including phenoxy) is 1. The van der Waals surface area contributed by atoms with E-state index in [1.165, 1.54) is 6.92 Å². The van der Waals surface area contributed by atoms with Gasteiger partial charge in [-0.25, -0.2) is 8.42 Å². The first-order valence-electron chi connectivity index (χ1n) is 6.00. The smallest absolute Gasteiger partial charge is 0.321 e. The number of aliphatic carboxylic acids is 1. The molecule has 0 amide bonds. The quantitative estimate of drug-likeness (QED) is 0.824. The predicted octanol–water partition coefficient (Wildman–Crippen LogP) is 1.65. The van der Waals surface area contributed by atoms with Gasteiger partial charge in [-0.2, -0.15) is 0 Å². The molecule has 1 aromatic rings. The van der Waals surface area contributed by atoms with Crippen LogP contribution in [0.5, 0.6) is 5.75 Å². The van der Waals surface area contributed by atoms with Crippen molar-refractivity contribution in [2.75, 3.05) is 12.4 Å². The van der Waals surface area contributed by atoms with Gasteiger partial charge in [0.2, 0.25) is 0 Å². The molecule has 0 aliphatic rings. The Morgan fingerprint density at radius 3 is 2.37 bits per heavy atom. The number of carboxylic acid groups (broad SMARTS) is 1. The Morgan fingerprint density at radius 2 is 1.89 bits per heavy atom. The maximum atomic E-state index is 11.8. The number of carbonyl (C=O) groups is 1. The van der Waals surface area contributed by atoms with Crippen molar-refractivity contribution in [3.63, 3.8) is 0 Å². The zero-order valence-electron chi connectivity index (χ0n) is 11.0. The van der Waals surface area contributed by atoms with E-state index in [0.717, 1.165) is 5.56 Å². The van der Waals surface area contributed by atoms with Crippen molar-refractivity contribution < 1.29 is 23.1 Å². The number of carboxylic acids is 1. The molecule has 1 aromatic carbocycles. The normalized spacial score (nSPS) is 12.9. The summed E-state index contributed by atoms with van der Waals surface area (Å²) in [4.78, 5) is 10.8. The van der Waals surface area contributed by atoms with Crippen LogP contribution >= 0.6 is 0 Å². The lowest BCUT2D eigenvalue weighted by molar-refractivity contribution is -0.136. The van der Waals surface area contributed by atoms with Crippen LogP contribution in [0.3, 0.4) is 0 Å². The summed E-state index contributed by atoms with van der Waals surface area (Å²) in [7, 11) is -3.67. The van der Waals surface area contributed by atoms with E-state index in [-0.39, 0.29) is 18.8 Å². The first-order valence-corrected chi connectivity index (χ1v) is 7.72. The molecule has 1 N–H and O–H groups in total. The Balaban J connectivity index is 2.56. The highest BCUT2D eigenvalue weighted by Crippen LogP contribution is 2.12. The standard InChI is InChI=1S/C13H18O5S/c1-3-12(13(14)15)19(16,17)9-8-18-11-6-4-10(2)5-7-11/h4-7,12H,3,8-9H2,1-2H3,(H,14,15). The highest BCUT2D eigenvalue weighted by molar-refractivity contribution is 7.92. The minimum atomic E-state index is -3.67. The molecule has 106 valence electrons. The van der Waals surface area contributed by atoms with Crippen LogP contribution in [0.15, 0.2) is 24.3 Å². The van der Waals surface area contributed by atoms with Crippen LogP contribution in [-0.2, 0) is 14.6 Å². The van der Waals surface area contributed by atoms with E-state index in [0.29, 0.717) is 5.75 Å². The molecule has 0 aliphatic heterocycles. The van der Waals surface area contributed by atoms with Crippen LogP contribution in [0.4, 0.5) is 0 Å². The molecular formula is C13H18O5S. The predicted molar refractivity (Wildman–Crippen MR) is 72.2 cm³/mol. The minimum Gasteiger partial charge on any atom is -0.493 e. The van der Waals surface area contributed by atoms with E-state index in [1.807, 2.05) is 19.1 Å². The van der Waals surface area contributed by atoms with Gasteiger partial charge in [-0.15, -0.1) is 0 Å². The second kappa shape index (κ2) is 6.56. The van der Waals surface area contributed by atoms with Crippen molar-refractivity contribution in [1.29, 1.82) is 0 Å². The number of aryl methyl sites for hydroxylation is 1. The Morgan fingerprint density at radius 1 is 1.32 bits per heavy atom. The maximum Gasteiger partial charge on any atom is 0.321 e. The Kier molecular flexibility index (Phi) is 5.35. The first kappa shape index (κ1) is 15.5. The number of benzene rings is 1. The van der Waals surface area contributed by atoms with Crippen molar-refractivity contribution in [2.24, 2.45) is 0 Å². The molecule has 1 rings (SSSR count). The Bertz CT molecular complexity index is 518. The van der Waals surface area contributed by atoms with Crippen LogP contribution in [0, 0.1) is 6.92 Å². The maximum absolute atomic E-state index is 11.8. The number of rotatable bonds is 7. The van der Waals surface area contributed by atoms with Crippen molar-refractivity contribution >= 4 is 15.8 Å². The van der Waals surface area contributed by atoms with E-state index in [4.69, 9.17) is 9.84 Å². The number of sulfone groups is 1. The summed E-state index contributed by atoms with van der Waals surface area (Å²) in [5, 5.41) is 7.48. The fourth-order valence-electron chi connectivity index (χ4n) is 1.63. The second-order valence-electron chi connectivity index (χ2n) is 4.26. The molecule has 0 radical (unpaired) electrons. The third-order valence-electron chi connectivity index (χ3n) is 2.74. The molecular weight excluding hydrogens is 268 g/mol.